The third kappa shape index (κ3) is 5.37. The SMILES string of the molecule is CCCN=C(N)/C(C(=O)OCC(=O)c1c(F)cccc1F)=C(\N)CC. The maximum absolute atomic E-state index is 13.6. The molecule has 0 fully saturated rings. The van der Waals surface area contributed by atoms with Crippen molar-refractivity contribution in [2.24, 2.45) is 16.5 Å². The van der Waals surface area contributed by atoms with Gasteiger partial charge in [-0.05, 0) is 25.0 Å². The number of ether oxygens (including phenoxy) is 1. The lowest BCUT2D eigenvalue weighted by molar-refractivity contribution is -0.137. The van der Waals surface area contributed by atoms with Crippen molar-refractivity contribution in [3.8, 4) is 0 Å². The van der Waals surface area contributed by atoms with Crippen molar-refractivity contribution in [2.75, 3.05) is 13.2 Å². The molecular weight excluding hydrogens is 332 g/mol. The fraction of sp³-hybridized carbons (Fsp3) is 0.353. The molecule has 8 heteroatoms. The predicted octanol–water partition coefficient (Wildman–Crippen LogP) is 2.08. The molecule has 0 aliphatic carbocycles. The number of halogens is 2. The van der Waals surface area contributed by atoms with Crippen molar-refractivity contribution < 1.29 is 23.1 Å². The molecule has 0 bridgehead atoms. The van der Waals surface area contributed by atoms with Crippen LogP contribution in [0, 0.1) is 11.6 Å². The first-order valence-corrected chi connectivity index (χ1v) is 7.76. The topological polar surface area (TPSA) is 108 Å². The predicted molar refractivity (Wildman–Crippen MR) is 89.9 cm³/mol. The number of aliphatic imine (C=N–C) groups is 1. The molecule has 6 nitrogen and oxygen atoms in total. The summed E-state index contributed by atoms with van der Waals surface area (Å²) >= 11 is 0. The number of Topliss-reactive ketones (excluding diaryl/α,β-unsaturated/α-hetero) is 1. The van der Waals surface area contributed by atoms with Crippen LogP contribution in [0.1, 0.15) is 37.0 Å². The summed E-state index contributed by atoms with van der Waals surface area (Å²) in [5, 5.41) is 0. The van der Waals surface area contributed by atoms with Crippen LogP contribution in [-0.4, -0.2) is 30.7 Å². The van der Waals surface area contributed by atoms with Crippen molar-refractivity contribution in [1.82, 2.24) is 0 Å². The summed E-state index contributed by atoms with van der Waals surface area (Å²) < 4.78 is 32.0. The van der Waals surface area contributed by atoms with Gasteiger partial charge in [-0.2, -0.15) is 0 Å². The van der Waals surface area contributed by atoms with Gasteiger partial charge < -0.3 is 16.2 Å². The van der Waals surface area contributed by atoms with E-state index in [1.807, 2.05) is 6.92 Å². The first-order chi connectivity index (χ1) is 11.8. The molecule has 0 unspecified atom stereocenters. The van der Waals surface area contributed by atoms with Gasteiger partial charge in [0.15, 0.2) is 6.61 Å². The molecular formula is C17H21F2N3O3. The Bertz CT molecular complexity index is 695. The Hall–Kier alpha value is -2.77. The minimum atomic E-state index is -1.03. The second-order valence-electron chi connectivity index (χ2n) is 5.12. The first-order valence-electron chi connectivity index (χ1n) is 7.76. The highest BCUT2D eigenvalue weighted by molar-refractivity contribution is 6.19. The molecule has 0 aliphatic heterocycles. The van der Waals surface area contributed by atoms with E-state index in [4.69, 9.17) is 16.2 Å². The van der Waals surface area contributed by atoms with Crippen molar-refractivity contribution >= 4 is 17.6 Å². The van der Waals surface area contributed by atoms with Crippen LogP contribution in [0.4, 0.5) is 8.78 Å². The number of rotatable bonds is 8. The number of nitrogens with zero attached hydrogens (tertiary/aromatic N) is 1. The summed E-state index contributed by atoms with van der Waals surface area (Å²) in [4.78, 5) is 28.1. The Morgan fingerprint density at radius 2 is 1.76 bits per heavy atom. The van der Waals surface area contributed by atoms with Gasteiger partial charge in [0.25, 0.3) is 0 Å². The highest BCUT2D eigenvalue weighted by atomic mass is 19.1. The van der Waals surface area contributed by atoms with Crippen LogP contribution in [-0.2, 0) is 9.53 Å². The third-order valence-corrected chi connectivity index (χ3v) is 3.24. The second kappa shape index (κ2) is 9.51. The van der Waals surface area contributed by atoms with Gasteiger partial charge in [0, 0.05) is 12.2 Å². The number of allylic oxidation sites excluding steroid dienone is 1. The second-order valence-corrected chi connectivity index (χ2v) is 5.12. The molecule has 0 radical (unpaired) electrons. The highest BCUT2D eigenvalue weighted by Gasteiger charge is 2.22. The van der Waals surface area contributed by atoms with E-state index in [9.17, 15) is 18.4 Å². The van der Waals surface area contributed by atoms with E-state index in [0.717, 1.165) is 18.2 Å². The van der Waals surface area contributed by atoms with Crippen LogP contribution in [0.25, 0.3) is 0 Å². The number of carbonyl (C=O) groups excluding carboxylic acids is 2. The number of benzene rings is 1. The molecule has 0 heterocycles. The lowest BCUT2D eigenvalue weighted by atomic mass is 10.1. The zero-order valence-electron chi connectivity index (χ0n) is 14.1. The lowest BCUT2D eigenvalue weighted by Gasteiger charge is -2.11. The summed E-state index contributed by atoms with van der Waals surface area (Å²) in [5.74, 6) is -4.15. The molecule has 136 valence electrons. The molecule has 0 aromatic heterocycles. The Kier molecular flexibility index (Phi) is 7.71. The number of amidine groups is 1. The molecule has 25 heavy (non-hydrogen) atoms. The minimum absolute atomic E-state index is 0.101. The van der Waals surface area contributed by atoms with E-state index in [1.165, 1.54) is 0 Å². The lowest BCUT2D eigenvalue weighted by Crippen LogP contribution is -2.28. The zero-order chi connectivity index (χ0) is 19.0. The molecule has 1 rings (SSSR count). The smallest absolute Gasteiger partial charge is 0.344 e. The van der Waals surface area contributed by atoms with Gasteiger partial charge in [-0.15, -0.1) is 0 Å². The van der Waals surface area contributed by atoms with E-state index in [1.54, 1.807) is 6.92 Å². The van der Waals surface area contributed by atoms with Crippen LogP contribution < -0.4 is 11.5 Å². The largest absolute Gasteiger partial charge is 0.454 e. The summed E-state index contributed by atoms with van der Waals surface area (Å²) in [6.07, 6.45) is 1.02. The highest BCUT2D eigenvalue weighted by Crippen LogP contribution is 2.14. The molecule has 0 saturated heterocycles. The number of esters is 1. The number of hydrogen-bond acceptors (Lipinski definition) is 5. The van der Waals surface area contributed by atoms with Gasteiger partial charge in [0.05, 0.1) is 5.56 Å². The maximum atomic E-state index is 13.6. The van der Waals surface area contributed by atoms with Crippen LogP contribution >= 0.6 is 0 Å². The zero-order valence-corrected chi connectivity index (χ0v) is 14.1. The summed E-state index contributed by atoms with van der Waals surface area (Å²) in [6, 6.07) is 3.00. The van der Waals surface area contributed by atoms with Crippen LogP contribution in [0.5, 0.6) is 0 Å². The van der Waals surface area contributed by atoms with Crippen LogP contribution in [0.15, 0.2) is 34.5 Å². The van der Waals surface area contributed by atoms with Crippen molar-refractivity contribution in [1.29, 1.82) is 0 Å². The van der Waals surface area contributed by atoms with Gasteiger partial charge in [0.1, 0.15) is 23.0 Å². The molecule has 0 spiro atoms. The van der Waals surface area contributed by atoms with Crippen LogP contribution in [0.3, 0.4) is 0 Å². The summed E-state index contributed by atoms with van der Waals surface area (Å²) in [5.41, 5.74) is 10.8. The van der Waals surface area contributed by atoms with Gasteiger partial charge in [-0.3, -0.25) is 9.79 Å². The molecule has 0 atom stereocenters. The Morgan fingerprint density at radius 3 is 2.28 bits per heavy atom. The average molecular weight is 353 g/mol. The fourth-order valence-electron chi connectivity index (χ4n) is 1.93. The van der Waals surface area contributed by atoms with E-state index in [0.29, 0.717) is 19.4 Å². The standard InChI is InChI=1S/C17H21F2N3O3/c1-3-8-22-16(21)15(12(20)4-2)17(24)25-9-13(23)14-10(18)6-5-7-11(14)19/h5-7H,3-4,8-9,20H2,1-2H3,(H2,21,22)/b15-12+. The monoisotopic (exact) mass is 353 g/mol. The Labute approximate surface area is 144 Å². The Morgan fingerprint density at radius 1 is 1.16 bits per heavy atom. The van der Waals surface area contributed by atoms with Crippen LogP contribution in [0.2, 0.25) is 0 Å². The summed E-state index contributed by atoms with van der Waals surface area (Å²) in [7, 11) is 0. The molecule has 0 aliphatic rings. The molecule has 0 saturated carbocycles. The number of nitrogens with two attached hydrogens (primary N) is 2. The van der Waals surface area contributed by atoms with Gasteiger partial charge >= 0.3 is 5.97 Å². The molecule has 1 aromatic carbocycles. The van der Waals surface area contributed by atoms with Crippen molar-refractivity contribution in [3.05, 3.63) is 46.7 Å². The molecule has 0 amide bonds. The quantitative estimate of drug-likeness (QED) is 0.245. The van der Waals surface area contributed by atoms with Gasteiger partial charge in [0.2, 0.25) is 5.78 Å². The normalized spacial score (nSPS) is 12.6. The van der Waals surface area contributed by atoms with Crippen molar-refractivity contribution in [2.45, 2.75) is 26.7 Å². The van der Waals surface area contributed by atoms with Gasteiger partial charge in [-0.25, -0.2) is 13.6 Å². The van der Waals surface area contributed by atoms with E-state index >= 15 is 0 Å². The number of carbonyl (C=O) groups is 2. The number of hydrogen-bond donors (Lipinski definition) is 2. The first kappa shape index (κ1) is 20.3. The average Bonchev–Trinajstić information content (AvgIpc) is 2.57. The summed E-state index contributed by atoms with van der Waals surface area (Å²) in [6.45, 7) is 3.12. The van der Waals surface area contributed by atoms with Crippen molar-refractivity contribution in [3.63, 3.8) is 0 Å². The maximum Gasteiger partial charge on any atom is 0.344 e. The van der Waals surface area contributed by atoms with E-state index in [-0.39, 0.29) is 17.1 Å². The van der Waals surface area contributed by atoms with Gasteiger partial charge in [-0.1, -0.05) is 19.9 Å². The minimum Gasteiger partial charge on any atom is -0.454 e. The number of ketones is 1. The molecule has 4 N–H and O–H groups in total. The van der Waals surface area contributed by atoms with E-state index < -0.39 is 35.6 Å². The van der Waals surface area contributed by atoms with E-state index in [2.05, 4.69) is 4.99 Å². The fourth-order valence-corrected chi connectivity index (χ4v) is 1.93. The molecule has 1 aromatic rings. The third-order valence-electron chi connectivity index (χ3n) is 3.24. The Balaban J connectivity index is 2.94.